The van der Waals surface area contributed by atoms with Gasteiger partial charge in [-0.1, -0.05) is 19.4 Å². The zero-order valence-corrected chi connectivity index (χ0v) is 18.5. The Morgan fingerprint density at radius 1 is 0.857 bits per heavy atom. The van der Waals surface area contributed by atoms with Gasteiger partial charge in [0.05, 0.1) is 5.56 Å². The van der Waals surface area contributed by atoms with E-state index in [1.807, 2.05) is 6.92 Å². The first-order valence-corrected chi connectivity index (χ1v) is 10.8. The lowest BCUT2D eigenvalue weighted by atomic mass is 9.81. The van der Waals surface area contributed by atoms with E-state index < -0.39 is 47.1 Å². The molecule has 0 amide bonds. The van der Waals surface area contributed by atoms with E-state index in [1.54, 1.807) is 0 Å². The highest BCUT2D eigenvalue weighted by Gasteiger charge is 2.43. The van der Waals surface area contributed by atoms with E-state index in [9.17, 15) is 40.5 Å². The Morgan fingerprint density at radius 3 is 2.17 bits per heavy atom. The standard InChI is InChI=1S/C25H24O10/c1-2-3-14-21-17(29)9-13(26)10-20(21)34-23(11-4-5-15(27)16(28)6-11)24(14)35-25(33)12-7-18(30)22(32)19(31)8-12/h4-10,14,23-24,26-32H,2-3H2,1H3/t14-,23+,24-/m0/s1. The Balaban J connectivity index is 1.83. The number of phenolic OH excluding ortho intramolecular Hbond substituents is 7. The average molecular weight is 484 g/mol. The zero-order valence-electron chi connectivity index (χ0n) is 18.5. The molecule has 0 spiro atoms. The van der Waals surface area contributed by atoms with Crippen molar-refractivity contribution in [2.24, 2.45) is 0 Å². The number of phenols is 7. The highest BCUT2D eigenvalue weighted by atomic mass is 16.6. The molecule has 3 aromatic carbocycles. The molecule has 0 bridgehead atoms. The van der Waals surface area contributed by atoms with Crippen molar-refractivity contribution in [3.63, 3.8) is 0 Å². The Bertz CT molecular complexity index is 1260. The minimum absolute atomic E-state index is 0.158. The minimum Gasteiger partial charge on any atom is -0.508 e. The molecule has 1 aliphatic rings. The van der Waals surface area contributed by atoms with Gasteiger partial charge in [-0.2, -0.15) is 0 Å². The van der Waals surface area contributed by atoms with Crippen LogP contribution in [0, 0.1) is 0 Å². The summed E-state index contributed by atoms with van der Waals surface area (Å²) in [4.78, 5) is 13.1. The first-order valence-electron chi connectivity index (χ1n) is 10.8. The van der Waals surface area contributed by atoms with Crippen LogP contribution in [0.2, 0.25) is 0 Å². The van der Waals surface area contributed by atoms with Crippen LogP contribution >= 0.6 is 0 Å². The van der Waals surface area contributed by atoms with Crippen LogP contribution in [-0.4, -0.2) is 47.8 Å². The van der Waals surface area contributed by atoms with Gasteiger partial charge in [0.15, 0.2) is 41.0 Å². The Labute approximate surface area is 199 Å². The van der Waals surface area contributed by atoms with Crippen LogP contribution in [0.5, 0.6) is 46.0 Å². The number of rotatable bonds is 5. The van der Waals surface area contributed by atoms with Crippen molar-refractivity contribution in [3.8, 4) is 46.0 Å². The maximum Gasteiger partial charge on any atom is 0.338 e. The van der Waals surface area contributed by atoms with Crippen LogP contribution < -0.4 is 4.74 Å². The third-order valence-corrected chi connectivity index (χ3v) is 5.90. The summed E-state index contributed by atoms with van der Waals surface area (Å²) >= 11 is 0. The summed E-state index contributed by atoms with van der Waals surface area (Å²) in [6.07, 6.45) is -1.06. The molecule has 1 aliphatic heterocycles. The van der Waals surface area contributed by atoms with Crippen molar-refractivity contribution < 1.29 is 50.0 Å². The summed E-state index contributed by atoms with van der Waals surface area (Å²) < 4.78 is 11.8. The van der Waals surface area contributed by atoms with Crippen molar-refractivity contribution in [2.45, 2.75) is 37.9 Å². The molecule has 184 valence electrons. The predicted octanol–water partition coefficient (Wildman–Crippen LogP) is 3.87. The van der Waals surface area contributed by atoms with Gasteiger partial charge in [-0.3, -0.25) is 0 Å². The largest absolute Gasteiger partial charge is 0.508 e. The van der Waals surface area contributed by atoms with E-state index in [1.165, 1.54) is 24.3 Å². The summed E-state index contributed by atoms with van der Waals surface area (Å²) in [6, 6.07) is 8.28. The smallest absolute Gasteiger partial charge is 0.338 e. The number of hydrogen-bond donors (Lipinski definition) is 7. The molecule has 0 saturated carbocycles. The van der Waals surface area contributed by atoms with E-state index >= 15 is 0 Å². The minimum atomic E-state index is -1.08. The zero-order chi connectivity index (χ0) is 25.4. The van der Waals surface area contributed by atoms with E-state index in [-0.39, 0.29) is 28.6 Å². The van der Waals surface area contributed by atoms with E-state index in [0.29, 0.717) is 24.0 Å². The fourth-order valence-corrected chi connectivity index (χ4v) is 4.30. The van der Waals surface area contributed by atoms with Crippen LogP contribution in [0.15, 0.2) is 42.5 Å². The molecule has 10 nitrogen and oxygen atoms in total. The number of ether oxygens (including phenoxy) is 2. The van der Waals surface area contributed by atoms with E-state index in [2.05, 4.69) is 0 Å². The second-order valence-corrected chi connectivity index (χ2v) is 8.29. The Morgan fingerprint density at radius 2 is 1.54 bits per heavy atom. The first kappa shape index (κ1) is 23.7. The number of carbonyl (C=O) groups excluding carboxylic acids is 1. The van der Waals surface area contributed by atoms with Gasteiger partial charge in [0, 0.05) is 29.2 Å². The normalized spacial score (nSPS) is 18.9. The fraction of sp³-hybridized carbons (Fsp3) is 0.240. The third-order valence-electron chi connectivity index (χ3n) is 5.90. The quantitative estimate of drug-likeness (QED) is 0.208. The van der Waals surface area contributed by atoms with Gasteiger partial charge in [-0.15, -0.1) is 0 Å². The maximum atomic E-state index is 13.1. The third kappa shape index (κ3) is 4.37. The van der Waals surface area contributed by atoms with Crippen LogP contribution in [0.4, 0.5) is 0 Å². The molecule has 3 aromatic rings. The Hall–Kier alpha value is -4.47. The molecule has 0 aliphatic carbocycles. The lowest BCUT2D eigenvalue weighted by Gasteiger charge is -2.39. The van der Waals surface area contributed by atoms with Crippen molar-refractivity contribution >= 4 is 5.97 Å². The predicted molar refractivity (Wildman–Crippen MR) is 121 cm³/mol. The van der Waals surface area contributed by atoms with Gasteiger partial charge < -0.3 is 45.2 Å². The van der Waals surface area contributed by atoms with Crippen molar-refractivity contribution in [3.05, 3.63) is 59.2 Å². The molecular formula is C25H24O10. The highest BCUT2D eigenvalue weighted by molar-refractivity contribution is 5.91. The topological polar surface area (TPSA) is 177 Å². The van der Waals surface area contributed by atoms with Crippen LogP contribution in [0.3, 0.4) is 0 Å². The molecule has 0 fully saturated rings. The average Bonchev–Trinajstić information content (AvgIpc) is 2.79. The van der Waals surface area contributed by atoms with Crippen molar-refractivity contribution in [2.75, 3.05) is 0 Å². The van der Waals surface area contributed by atoms with Crippen LogP contribution in [0.1, 0.15) is 53.3 Å². The van der Waals surface area contributed by atoms with Crippen LogP contribution in [-0.2, 0) is 4.74 Å². The molecule has 7 N–H and O–H groups in total. The monoisotopic (exact) mass is 484 g/mol. The molecule has 4 rings (SSSR count). The molecule has 1 heterocycles. The molecule has 0 unspecified atom stereocenters. The summed E-state index contributed by atoms with van der Waals surface area (Å²) in [6.45, 7) is 1.89. The van der Waals surface area contributed by atoms with Crippen molar-refractivity contribution in [1.29, 1.82) is 0 Å². The molecule has 0 radical (unpaired) electrons. The number of aromatic hydroxyl groups is 7. The number of carbonyl (C=O) groups is 1. The van der Waals surface area contributed by atoms with Gasteiger partial charge in [0.1, 0.15) is 17.2 Å². The molecule has 3 atom stereocenters. The fourth-order valence-electron chi connectivity index (χ4n) is 4.30. The molecule has 0 aromatic heterocycles. The lowest BCUT2D eigenvalue weighted by Crippen LogP contribution is -2.38. The maximum absolute atomic E-state index is 13.1. The van der Waals surface area contributed by atoms with Gasteiger partial charge in [-0.25, -0.2) is 4.79 Å². The summed E-state index contributed by atoms with van der Waals surface area (Å²) in [5.74, 6) is -4.95. The number of fused-ring (bicyclic) bond motifs is 1. The Kier molecular flexibility index (Phi) is 6.12. The van der Waals surface area contributed by atoms with Crippen molar-refractivity contribution in [1.82, 2.24) is 0 Å². The molecule has 10 heteroatoms. The van der Waals surface area contributed by atoms with Gasteiger partial charge in [0.25, 0.3) is 0 Å². The summed E-state index contributed by atoms with van der Waals surface area (Å²) in [5, 5.41) is 69.5. The number of esters is 1. The second kappa shape index (κ2) is 9.05. The van der Waals surface area contributed by atoms with Crippen LogP contribution in [0.25, 0.3) is 0 Å². The number of hydrogen-bond acceptors (Lipinski definition) is 10. The first-order chi connectivity index (χ1) is 16.6. The molecule has 0 saturated heterocycles. The van der Waals surface area contributed by atoms with Gasteiger partial charge in [0.2, 0.25) is 0 Å². The lowest BCUT2D eigenvalue weighted by molar-refractivity contribution is -0.0341. The molecule has 35 heavy (non-hydrogen) atoms. The SMILES string of the molecule is CCC[C@H]1c2c(O)cc(O)cc2O[C@H](c2ccc(O)c(O)c2)[C@H]1OC(=O)c1cc(O)c(O)c(O)c1. The number of benzene rings is 3. The second-order valence-electron chi connectivity index (χ2n) is 8.29. The summed E-state index contributed by atoms with van der Waals surface area (Å²) in [7, 11) is 0. The van der Waals surface area contributed by atoms with Gasteiger partial charge >= 0.3 is 5.97 Å². The highest BCUT2D eigenvalue weighted by Crippen LogP contribution is 2.51. The van der Waals surface area contributed by atoms with E-state index in [0.717, 1.165) is 18.2 Å². The van der Waals surface area contributed by atoms with Gasteiger partial charge in [-0.05, 0) is 30.7 Å². The molecular weight excluding hydrogens is 460 g/mol. The van der Waals surface area contributed by atoms with E-state index in [4.69, 9.17) is 9.47 Å². The summed E-state index contributed by atoms with van der Waals surface area (Å²) in [5.41, 5.74) is 0.406.